The van der Waals surface area contributed by atoms with Gasteiger partial charge in [-0.15, -0.1) is 0 Å². The molecule has 1 heterocycles. The molecule has 2 N–H and O–H groups in total. The van der Waals surface area contributed by atoms with Gasteiger partial charge in [0.15, 0.2) is 0 Å². The van der Waals surface area contributed by atoms with Gasteiger partial charge >= 0.3 is 6.03 Å². The summed E-state index contributed by atoms with van der Waals surface area (Å²) < 4.78 is 13.2. The molecule has 6 heteroatoms. The number of carbonyl (C=O) groups excluding carboxylic acids is 2. The van der Waals surface area contributed by atoms with Gasteiger partial charge in [-0.2, -0.15) is 0 Å². The van der Waals surface area contributed by atoms with Crippen molar-refractivity contribution >= 4 is 17.6 Å². The minimum absolute atomic E-state index is 0.112. The number of nitrogens with zero attached hydrogens (tertiary/aromatic N) is 1. The zero-order valence-corrected chi connectivity index (χ0v) is 17.4. The second kappa shape index (κ2) is 10.8. The largest absolute Gasteiger partial charge is 0.342 e. The van der Waals surface area contributed by atoms with Crippen molar-refractivity contribution < 1.29 is 14.0 Å². The van der Waals surface area contributed by atoms with Crippen molar-refractivity contribution in [3.8, 4) is 0 Å². The van der Waals surface area contributed by atoms with E-state index in [-0.39, 0.29) is 23.8 Å². The van der Waals surface area contributed by atoms with Gasteiger partial charge in [0.05, 0.1) is 5.92 Å². The topological polar surface area (TPSA) is 61.4 Å². The van der Waals surface area contributed by atoms with Gasteiger partial charge in [-0.3, -0.25) is 4.79 Å². The highest BCUT2D eigenvalue weighted by molar-refractivity contribution is 5.89. The first kappa shape index (κ1) is 21.8. The summed E-state index contributed by atoms with van der Waals surface area (Å²) >= 11 is 0. The summed E-state index contributed by atoms with van der Waals surface area (Å²) in [5.41, 5.74) is 1.48. The number of piperidine rings is 1. The Balaban J connectivity index is 1.54. The molecule has 1 fully saturated rings. The van der Waals surface area contributed by atoms with E-state index in [1.54, 1.807) is 12.1 Å². The molecule has 5 nitrogen and oxygen atoms in total. The van der Waals surface area contributed by atoms with Crippen LogP contribution in [-0.4, -0.2) is 36.5 Å². The van der Waals surface area contributed by atoms with E-state index in [1.807, 2.05) is 35.2 Å². The van der Waals surface area contributed by atoms with E-state index in [2.05, 4.69) is 17.6 Å². The Labute approximate surface area is 177 Å². The maximum atomic E-state index is 13.2. The first-order valence-corrected chi connectivity index (χ1v) is 10.7. The molecule has 0 bridgehead atoms. The molecule has 160 valence electrons. The number of anilines is 1. The van der Waals surface area contributed by atoms with Gasteiger partial charge < -0.3 is 15.5 Å². The number of hydrogen-bond acceptors (Lipinski definition) is 2. The van der Waals surface area contributed by atoms with Gasteiger partial charge in [0, 0.05) is 25.3 Å². The van der Waals surface area contributed by atoms with Crippen molar-refractivity contribution in [3.63, 3.8) is 0 Å². The lowest BCUT2D eigenvalue weighted by atomic mass is 9.91. The maximum absolute atomic E-state index is 13.2. The average molecular weight is 412 g/mol. The van der Waals surface area contributed by atoms with Crippen molar-refractivity contribution in [3.05, 3.63) is 66.0 Å². The summed E-state index contributed by atoms with van der Waals surface area (Å²) in [6.45, 7) is 3.99. The van der Waals surface area contributed by atoms with E-state index in [0.29, 0.717) is 18.8 Å². The van der Waals surface area contributed by atoms with Gasteiger partial charge in [-0.1, -0.05) is 49.7 Å². The van der Waals surface area contributed by atoms with Crippen LogP contribution in [0, 0.1) is 11.7 Å². The Bertz CT molecular complexity index is 843. The molecule has 1 saturated heterocycles. The van der Waals surface area contributed by atoms with Crippen molar-refractivity contribution in [2.24, 2.45) is 5.92 Å². The Morgan fingerprint density at radius 2 is 1.97 bits per heavy atom. The molecule has 0 aliphatic carbocycles. The highest BCUT2D eigenvalue weighted by Crippen LogP contribution is 2.26. The van der Waals surface area contributed by atoms with Crippen LogP contribution in [0.3, 0.4) is 0 Å². The lowest BCUT2D eigenvalue weighted by Crippen LogP contribution is -2.45. The van der Waals surface area contributed by atoms with Crippen molar-refractivity contribution in [2.45, 2.75) is 38.5 Å². The molecule has 0 saturated carbocycles. The number of nitrogens with one attached hydrogen (secondary N) is 2. The molecule has 1 aliphatic rings. The van der Waals surface area contributed by atoms with Crippen LogP contribution in [-0.2, 0) is 4.79 Å². The summed E-state index contributed by atoms with van der Waals surface area (Å²) in [7, 11) is 0. The average Bonchev–Trinajstić information content (AvgIpc) is 2.76. The highest BCUT2D eigenvalue weighted by Gasteiger charge is 2.29. The van der Waals surface area contributed by atoms with Crippen LogP contribution in [0.25, 0.3) is 0 Å². The molecule has 30 heavy (non-hydrogen) atoms. The van der Waals surface area contributed by atoms with E-state index >= 15 is 0 Å². The standard InChI is InChI=1S/C24H30FN3O2/c1-2-8-22(19-10-4-3-5-11-19)23(29)28-14-7-9-18(17-28)16-26-24(30)27-21-13-6-12-20(25)15-21/h3-6,10-13,15,18,22H,2,7-9,14,16-17H2,1H3,(H2,26,27,30). The SMILES string of the molecule is CCCC(C(=O)N1CCCC(CNC(=O)Nc2cccc(F)c2)C1)c1ccccc1. The third-order valence-electron chi connectivity index (χ3n) is 5.54. The molecule has 0 spiro atoms. The fourth-order valence-electron chi connectivity index (χ4n) is 4.04. The Morgan fingerprint density at radius 3 is 2.70 bits per heavy atom. The fourth-order valence-corrected chi connectivity index (χ4v) is 4.04. The molecule has 2 atom stereocenters. The molecule has 3 rings (SSSR count). The lowest BCUT2D eigenvalue weighted by Gasteiger charge is -2.35. The number of benzene rings is 2. The fraction of sp³-hybridized carbons (Fsp3) is 0.417. The molecule has 2 aromatic rings. The van der Waals surface area contributed by atoms with Gasteiger partial charge in [0.1, 0.15) is 5.82 Å². The first-order chi connectivity index (χ1) is 14.6. The predicted octanol–water partition coefficient (Wildman–Crippen LogP) is 4.77. The molecular formula is C24H30FN3O2. The zero-order valence-electron chi connectivity index (χ0n) is 17.4. The van der Waals surface area contributed by atoms with Gasteiger partial charge in [-0.25, -0.2) is 9.18 Å². The van der Waals surface area contributed by atoms with Crippen LogP contribution >= 0.6 is 0 Å². The van der Waals surface area contributed by atoms with Gasteiger partial charge in [0.2, 0.25) is 5.91 Å². The highest BCUT2D eigenvalue weighted by atomic mass is 19.1. The van der Waals surface area contributed by atoms with E-state index in [0.717, 1.165) is 37.8 Å². The van der Waals surface area contributed by atoms with Crippen molar-refractivity contribution in [1.82, 2.24) is 10.2 Å². The van der Waals surface area contributed by atoms with Crippen LogP contribution in [0.15, 0.2) is 54.6 Å². The third kappa shape index (κ3) is 6.05. The second-order valence-electron chi connectivity index (χ2n) is 7.89. The minimum atomic E-state index is -0.394. The number of hydrogen-bond donors (Lipinski definition) is 2. The Hall–Kier alpha value is -2.89. The number of likely N-dealkylation sites (tertiary alicyclic amines) is 1. The molecule has 2 unspecified atom stereocenters. The first-order valence-electron chi connectivity index (χ1n) is 10.7. The summed E-state index contributed by atoms with van der Waals surface area (Å²) in [5, 5.41) is 5.50. The maximum Gasteiger partial charge on any atom is 0.319 e. The molecule has 0 radical (unpaired) electrons. The smallest absolute Gasteiger partial charge is 0.319 e. The van der Waals surface area contributed by atoms with E-state index < -0.39 is 5.82 Å². The van der Waals surface area contributed by atoms with Gasteiger partial charge in [0.25, 0.3) is 0 Å². The molecule has 2 aromatic carbocycles. The minimum Gasteiger partial charge on any atom is -0.342 e. The van der Waals surface area contributed by atoms with E-state index in [4.69, 9.17) is 0 Å². The monoisotopic (exact) mass is 411 g/mol. The third-order valence-corrected chi connectivity index (χ3v) is 5.54. The van der Waals surface area contributed by atoms with Crippen molar-refractivity contribution in [1.29, 1.82) is 0 Å². The molecule has 1 aliphatic heterocycles. The van der Waals surface area contributed by atoms with Crippen LogP contribution in [0.2, 0.25) is 0 Å². The Morgan fingerprint density at radius 1 is 1.17 bits per heavy atom. The second-order valence-corrected chi connectivity index (χ2v) is 7.89. The van der Waals surface area contributed by atoms with Crippen LogP contribution in [0.1, 0.15) is 44.1 Å². The number of halogens is 1. The molecular weight excluding hydrogens is 381 g/mol. The lowest BCUT2D eigenvalue weighted by molar-refractivity contribution is -0.134. The molecule has 3 amide bonds. The number of rotatable bonds is 7. The van der Waals surface area contributed by atoms with Crippen LogP contribution in [0.5, 0.6) is 0 Å². The number of amides is 3. The van der Waals surface area contributed by atoms with Gasteiger partial charge in [-0.05, 0) is 48.9 Å². The summed E-state index contributed by atoms with van der Waals surface area (Å²) in [6.07, 6.45) is 3.67. The van der Waals surface area contributed by atoms with E-state index in [1.165, 1.54) is 12.1 Å². The molecule has 0 aromatic heterocycles. The zero-order chi connectivity index (χ0) is 21.3. The summed E-state index contributed by atoms with van der Waals surface area (Å²) in [6, 6.07) is 15.4. The summed E-state index contributed by atoms with van der Waals surface area (Å²) in [4.78, 5) is 27.3. The predicted molar refractivity (Wildman–Crippen MR) is 117 cm³/mol. The van der Waals surface area contributed by atoms with Crippen molar-refractivity contribution in [2.75, 3.05) is 25.0 Å². The summed E-state index contributed by atoms with van der Waals surface area (Å²) in [5.74, 6) is -0.121. The Kier molecular flexibility index (Phi) is 7.82. The quantitative estimate of drug-likeness (QED) is 0.689. The number of urea groups is 1. The van der Waals surface area contributed by atoms with Crippen LogP contribution < -0.4 is 10.6 Å². The number of carbonyl (C=O) groups is 2. The van der Waals surface area contributed by atoms with Crippen LogP contribution in [0.4, 0.5) is 14.9 Å². The van der Waals surface area contributed by atoms with E-state index in [9.17, 15) is 14.0 Å². The normalized spacial score (nSPS) is 17.3.